The number of esters is 1. The largest absolute Gasteiger partial charge is 0.462 e. The van der Waals surface area contributed by atoms with Crippen molar-refractivity contribution in [3.8, 4) is 0 Å². The van der Waals surface area contributed by atoms with Gasteiger partial charge in [0.2, 0.25) is 0 Å². The first-order chi connectivity index (χ1) is 8.72. The van der Waals surface area contributed by atoms with Gasteiger partial charge < -0.3 is 19.6 Å². The van der Waals surface area contributed by atoms with Crippen molar-refractivity contribution in [1.29, 1.82) is 0 Å². The van der Waals surface area contributed by atoms with Crippen molar-refractivity contribution in [2.24, 2.45) is 0 Å². The first kappa shape index (κ1) is 15.0. The Kier molecular flexibility index (Phi) is 4.20. The Labute approximate surface area is 105 Å². The minimum Gasteiger partial charge on any atom is -0.462 e. The van der Waals surface area contributed by atoms with Gasteiger partial charge in [-0.05, 0) is 19.1 Å². The first-order valence-corrected chi connectivity index (χ1v) is 5.04. The van der Waals surface area contributed by atoms with Crippen molar-refractivity contribution in [3.63, 3.8) is 0 Å². The zero-order valence-electron chi connectivity index (χ0n) is 9.65. The van der Waals surface area contributed by atoms with Gasteiger partial charge in [0.05, 0.1) is 12.9 Å². The lowest BCUT2D eigenvalue weighted by atomic mass is 10.2. The summed E-state index contributed by atoms with van der Waals surface area (Å²) in [6.07, 6.45) is -4.40. The van der Waals surface area contributed by atoms with E-state index in [1.54, 1.807) is 0 Å². The fraction of sp³-hybridized carbons (Fsp3) is 0.400. The zero-order chi connectivity index (χ0) is 14.7. The van der Waals surface area contributed by atoms with Crippen molar-refractivity contribution in [1.82, 2.24) is 5.32 Å². The van der Waals surface area contributed by atoms with Crippen molar-refractivity contribution < 1.29 is 37.0 Å². The molecule has 1 aromatic heterocycles. The molecule has 19 heavy (non-hydrogen) atoms. The van der Waals surface area contributed by atoms with Gasteiger partial charge in [0.15, 0.2) is 5.76 Å². The monoisotopic (exact) mass is 281 g/mol. The van der Waals surface area contributed by atoms with E-state index in [-0.39, 0.29) is 0 Å². The van der Waals surface area contributed by atoms with Gasteiger partial charge in [-0.3, -0.25) is 4.79 Å². The second-order valence-electron chi connectivity index (χ2n) is 3.36. The van der Waals surface area contributed by atoms with Crippen molar-refractivity contribution >= 4 is 11.9 Å². The van der Waals surface area contributed by atoms with Crippen molar-refractivity contribution in [2.75, 3.05) is 6.61 Å². The van der Waals surface area contributed by atoms with Crippen LogP contribution in [-0.2, 0) is 9.53 Å². The number of aliphatic hydroxyl groups is 1. The summed E-state index contributed by atoms with van der Waals surface area (Å²) in [6, 6.07) is 2.32. The third kappa shape index (κ3) is 3.05. The first-order valence-electron chi connectivity index (χ1n) is 5.04. The summed E-state index contributed by atoms with van der Waals surface area (Å²) in [5.41, 5.74) is -4.13. The predicted octanol–water partition coefficient (Wildman–Crippen LogP) is 0.823. The molecule has 0 aromatic carbocycles. The lowest BCUT2D eigenvalue weighted by molar-refractivity contribution is -0.269. The molecule has 6 nitrogen and oxygen atoms in total. The van der Waals surface area contributed by atoms with Crippen LogP contribution in [-0.4, -0.2) is 35.5 Å². The van der Waals surface area contributed by atoms with Gasteiger partial charge in [-0.15, -0.1) is 0 Å². The van der Waals surface area contributed by atoms with Gasteiger partial charge in [0.25, 0.3) is 5.91 Å². The standard InChI is InChI=1S/C10H10F3NO5/c1-2-18-8(16)9(17,10(11,12)13)14-7(15)6-4-3-5-19-6/h3-5,17H,2H2,1H3,(H,14,15)/t9-/m0/s1. The Morgan fingerprint density at radius 3 is 2.53 bits per heavy atom. The van der Waals surface area contributed by atoms with Crippen LogP contribution in [0.5, 0.6) is 0 Å². The van der Waals surface area contributed by atoms with Crippen LogP contribution < -0.4 is 5.32 Å². The van der Waals surface area contributed by atoms with Gasteiger partial charge in [0, 0.05) is 0 Å². The molecule has 0 spiro atoms. The number of hydrogen-bond acceptors (Lipinski definition) is 5. The topological polar surface area (TPSA) is 88.8 Å². The van der Waals surface area contributed by atoms with Crippen LogP contribution >= 0.6 is 0 Å². The fourth-order valence-corrected chi connectivity index (χ4v) is 1.11. The van der Waals surface area contributed by atoms with Gasteiger partial charge in [0.1, 0.15) is 0 Å². The average Bonchev–Trinajstić information content (AvgIpc) is 2.80. The zero-order valence-corrected chi connectivity index (χ0v) is 9.65. The van der Waals surface area contributed by atoms with Gasteiger partial charge >= 0.3 is 17.9 Å². The van der Waals surface area contributed by atoms with E-state index >= 15 is 0 Å². The molecule has 0 aliphatic heterocycles. The molecule has 106 valence electrons. The van der Waals surface area contributed by atoms with E-state index in [1.807, 2.05) is 0 Å². The summed E-state index contributed by atoms with van der Waals surface area (Å²) in [5, 5.41) is 10.5. The molecular weight excluding hydrogens is 271 g/mol. The lowest BCUT2D eigenvalue weighted by Gasteiger charge is -2.28. The van der Waals surface area contributed by atoms with Gasteiger partial charge in [-0.25, -0.2) is 4.79 Å². The quantitative estimate of drug-likeness (QED) is 0.630. The van der Waals surface area contributed by atoms with Crippen LogP contribution in [0.3, 0.4) is 0 Å². The molecule has 0 radical (unpaired) electrons. The van der Waals surface area contributed by atoms with E-state index in [2.05, 4.69) is 9.15 Å². The van der Waals surface area contributed by atoms with Crippen molar-refractivity contribution in [3.05, 3.63) is 24.2 Å². The maximum Gasteiger partial charge on any atom is 0.448 e. The van der Waals surface area contributed by atoms with E-state index in [9.17, 15) is 27.9 Å². The molecule has 0 saturated carbocycles. The van der Waals surface area contributed by atoms with Crippen LogP contribution in [0.2, 0.25) is 0 Å². The summed E-state index contributed by atoms with van der Waals surface area (Å²) in [6.45, 7) is 0.858. The van der Waals surface area contributed by atoms with E-state index in [0.29, 0.717) is 0 Å². The van der Waals surface area contributed by atoms with Gasteiger partial charge in [-0.2, -0.15) is 13.2 Å². The van der Waals surface area contributed by atoms with E-state index in [4.69, 9.17) is 0 Å². The molecular formula is C10H10F3NO5. The number of carbonyl (C=O) groups is 2. The minimum atomic E-state index is -5.44. The number of furan rings is 1. The third-order valence-corrected chi connectivity index (χ3v) is 2.02. The van der Waals surface area contributed by atoms with Crippen LogP contribution in [0.15, 0.2) is 22.8 Å². The molecule has 0 fully saturated rings. The molecule has 1 amide bonds. The Morgan fingerprint density at radius 1 is 1.47 bits per heavy atom. The fourth-order valence-electron chi connectivity index (χ4n) is 1.11. The third-order valence-electron chi connectivity index (χ3n) is 2.02. The summed E-state index contributed by atoms with van der Waals surface area (Å²) in [4.78, 5) is 22.6. The Balaban J connectivity index is 2.99. The number of amides is 1. The molecule has 9 heteroatoms. The Hall–Kier alpha value is -2.03. The predicted molar refractivity (Wildman–Crippen MR) is 53.8 cm³/mol. The molecule has 0 saturated heterocycles. The summed E-state index contributed by atoms with van der Waals surface area (Å²) in [5.74, 6) is -3.92. The SMILES string of the molecule is CCOC(=O)[C@@](O)(NC(=O)c1ccco1)C(F)(F)F. The van der Waals surface area contributed by atoms with Crippen molar-refractivity contribution in [2.45, 2.75) is 18.8 Å². The van der Waals surface area contributed by atoms with E-state index < -0.39 is 36.1 Å². The molecule has 0 aliphatic rings. The second-order valence-corrected chi connectivity index (χ2v) is 3.36. The number of halogens is 3. The highest BCUT2D eigenvalue weighted by atomic mass is 19.4. The highest BCUT2D eigenvalue weighted by molar-refractivity contribution is 5.95. The molecule has 1 aromatic rings. The highest BCUT2D eigenvalue weighted by Crippen LogP contribution is 2.29. The second kappa shape index (κ2) is 5.31. The highest BCUT2D eigenvalue weighted by Gasteiger charge is 2.62. The maximum atomic E-state index is 12.7. The number of ether oxygens (including phenoxy) is 1. The molecule has 1 atom stereocenters. The van der Waals surface area contributed by atoms with Crippen LogP contribution in [0.4, 0.5) is 13.2 Å². The number of alkyl halides is 3. The maximum absolute atomic E-state index is 12.7. The van der Waals surface area contributed by atoms with E-state index in [0.717, 1.165) is 17.6 Å². The molecule has 0 bridgehead atoms. The molecule has 1 rings (SSSR count). The number of hydrogen-bond donors (Lipinski definition) is 2. The average molecular weight is 281 g/mol. The summed E-state index contributed by atoms with van der Waals surface area (Å²) in [7, 11) is 0. The molecule has 0 unspecified atom stereocenters. The Morgan fingerprint density at radius 2 is 2.11 bits per heavy atom. The number of carbonyl (C=O) groups excluding carboxylic acids is 2. The molecule has 1 heterocycles. The van der Waals surface area contributed by atoms with Crippen LogP contribution in [0.25, 0.3) is 0 Å². The minimum absolute atomic E-state index is 0.395. The summed E-state index contributed by atoms with van der Waals surface area (Å²) >= 11 is 0. The number of rotatable bonds is 4. The number of nitrogens with one attached hydrogen (secondary N) is 1. The summed E-state index contributed by atoms with van der Waals surface area (Å²) < 4.78 is 46.7. The van der Waals surface area contributed by atoms with Crippen LogP contribution in [0, 0.1) is 0 Å². The van der Waals surface area contributed by atoms with Crippen LogP contribution in [0.1, 0.15) is 17.5 Å². The Bertz CT molecular complexity index is 456. The van der Waals surface area contributed by atoms with Gasteiger partial charge in [-0.1, -0.05) is 0 Å². The molecule has 0 aliphatic carbocycles. The smallest absolute Gasteiger partial charge is 0.448 e. The lowest BCUT2D eigenvalue weighted by Crippen LogP contribution is -2.64. The normalized spacial score (nSPS) is 14.6. The van der Waals surface area contributed by atoms with E-state index in [1.165, 1.54) is 13.0 Å². The molecule has 2 N–H and O–H groups in total.